The molecule has 4 nitrogen and oxygen atoms in total. The first-order valence-corrected chi connectivity index (χ1v) is 11.5. The van der Waals surface area contributed by atoms with Crippen LogP contribution in [0.2, 0.25) is 5.02 Å². The Balaban J connectivity index is 1.65. The molecule has 6 heteroatoms. The summed E-state index contributed by atoms with van der Waals surface area (Å²) in [4.78, 5) is 16.5. The number of benzene rings is 1. The second-order valence-corrected chi connectivity index (χ2v) is 9.07. The SMILES string of the molecule is CCCN(C)CCSC[C@H]1CC[C@H](N(C)C(=O)Oc2ccc(Cl)cc2)CC1. The molecule has 0 saturated heterocycles. The average molecular weight is 413 g/mol. The molecule has 0 heterocycles. The predicted octanol–water partition coefficient (Wildman–Crippen LogP) is 5.40. The second kappa shape index (κ2) is 11.8. The van der Waals surface area contributed by atoms with Gasteiger partial charge < -0.3 is 14.5 Å². The normalized spacial score (nSPS) is 19.9. The molecule has 0 bridgehead atoms. The molecule has 1 saturated carbocycles. The molecule has 0 aliphatic heterocycles. The zero-order chi connectivity index (χ0) is 19.6. The summed E-state index contributed by atoms with van der Waals surface area (Å²) >= 11 is 7.94. The summed E-state index contributed by atoms with van der Waals surface area (Å²) in [5, 5.41) is 0.636. The topological polar surface area (TPSA) is 32.8 Å². The molecule has 1 aromatic rings. The molecule has 0 atom stereocenters. The van der Waals surface area contributed by atoms with Gasteiger partial charge in [-0.05, 0) is 81.6 Å². The van der Waals surface area contributed by atoms with Gasteiger partial charge in [0.05, 0.1) is 0 Å². The second-order valence-electron chi connectivity index (χ2n) is 7.49. The molecule has 1 amide bonds. The number of halogens is 1. The van der Waals surface area contributed by atoms with Crippen molar-refractivity contribution in [2.45, 2.75) is 45.1 Å². The minimum absolute atomic E-state index is 0.279. The summed E-state index contributed by atoms with van der Waals surface area (Å²) < 4.78 is 5.45. The lowest BCUT2D eigenvalue weighted by Gasteiger charge is -2.34. The summed E-state index contributed by atoms with van der Waals surface area (Å²) in [5.74, 6) is 3.77. The average Bonchev–Trinajstić information content (AvgIpc) is 2.67. The number of nitrogens with zero attached hydrogens (tertiary/aromatic N) is 2. The van der Waals surface area contributed by atoms with Crippen molar-refractivity contribution < 1.29 is 9.53 Å². The molecule has 0 spiro atoms. The number of ether oxygens (including phenoxy) is 1. The van der Waals surface area contributed by atoms with Crippen LogP contribution in [0.4, 0.5) is 4.79 Å². The van der Waals surface area contributed by atoms with Crippen molar-refractivity contribution in [3.8, 4) is 5.75 Å². The van der Waals surface area contributed by atoms with Crippen molar-refractivity contribution in [1.29, 1.82) is 0 Å². The van der Waals surface area contributed by atoms with E-state index in [9.17, 15) is 4.79 Å². The van der Waals surface area contributed by atoms with Crippen LogP contribution in [0.3, 0.4) is 0 Å². The molecule has 0 radical (unpaired) electrons. The maximum Gasteiger partial charge on any atom is 0.415 e. The Labute approximate surface area is 173 Å². The standard InChI is InChI=1S/C21H33ClN2O2S/c1-4-13-23(2)14-15-27-16-17-5-9-19(10-6-17)24(3)21(25)26-20-11-7-18(22)8-12-20/h7-8,11-12,17,19H,4-6,9-10,13-16H2,1-3H3/t17-,19-. The van der Waals surface area contributed by atoms with E-state index in [0.717, 1.165) is 18.8 Å². The highest BCUT2D eigenvalue weighted by Gasteiger charge is 2.27. The van der Waals surface area contributed by atoms with Crippen LogP contribution < -0.4 is 4.74 Å². The first kappa shape index (κ1) is 22.4. The van der Waals surface area contributed by atoms with E-state index < -0.39 is 0 Å². The highest BCUT2D eigenvalue weighted by Crippen LogP contribution is 2.30. The minimum atomic E-state index is -0.283. The zero-order valence-electron chi connectivity index (χ0n) is 16.8. The lowest BCUT2D eigenvalue weighted by atomic mass is 9.87. The van der Waals surface area contributed by atoms with E-state index in [2.05, 4.69) is 30.6 Å². The van der Waals surface area contributed by atoms with E-state index in [4.69, 9.17) is 16.3 Å². The maximum absolute atomic E-state index is 12.4. The van der Waals surface area contributed by atoms with Crippen molar-refractivity contribution in [2.75, 3.05) is 38.7 Å². The summed E-state index contributed by atoms with van der Waals surface area (Å²) in [6.07, 6.45) is 5.45. The molecule has 1 fully saturated rings. The third kappa shape index (κ3) is 7.92. The van der Waals surface area contributed by atoms with Crippen LogP contribution in [0.15, 0.2) is 24.3 Å². The van der Waals surface area contributed by atoms with Gasteiger partial charge in [0.25, 0.3) is 0 Å². The van der Waals surface area contributed by atoms with Crippen molar-refractivity contribution in [3.63, 3.8) is 0 Å². The van der Waals surface area contributed by atoms with Gasteiger partial charge >= 0.3 is 6.09 Å². The Kier molecular flexibility index (Phi) is 9.80. The van der Waals surface area contributed by atoms with Gasteiger partial charge in [-0.15, -0.1) is 0 Å². The Hall–Kier alpha value is -0.910. The van der Waals surface area contributed by atoms with E-state index in [1.165, 1.54) is 43.9 Å². The van der Waals surface area contributed by atoms with Crippen LogP contribution in [0.25, 0.3) is 0 Å². The molecule has 0 N–H and O–H groups in total. The van der Waals surface area contributed by atoms with Crippen molar-refractivity contribution in [1.82, 2.24) is 9.80 Å². The largest absolute Gasteiger partial charge is 0.415 e. The minimum Gasteiger partial charge on any atom is -0.410 e. The quantitative estimate of drug-likeness (QED) is 0.508. The first-order valence-electron chi connectivity index (χ1n) is 9.96. The number of thioether (sulfide) groups is 1. The Morgan fingerprint density at radius 2 is 1.81 bits per heavy atom. The molecule has 2 rings (SSSR count). The predicted molar refractivity (Wildman–Crippen MR) is 116 cm³/mol. The van der Waals surface area contributed by atoms with E-state index in [1.54, 1.807) is 29.2 Å². The summed E-state index contributed by atoms with van der Waals surface area (Å²) in [6, 6.07) is 7.18. The number of carbonyl (C=O) groups is 1. The monoisotopic (exact) mass is 412 g/mol. The highest BCUT2D eigenvalue weighted by molar-refractivity contribution is 7.99. The number of hydrogen-bond donors (Lipinski definition) is 0. The van der Waals surface area contributed by atoms with Crippen molar-refractivity contribution in [3.05, 3.63) is 29.3 Å². The molecular weight excluding hydrogens is 380 g/mol. The summed E-state index contributed by atoms with van der Waals surface area (Å²) in [7, 11) is 4.05. The van der Waals surface area contributed by atoms with E-state index in [1.807, 2.05) is 7.05 Å². The lowest BCUT2D eigenvalue weighted by Crippen LogP contribution is -2.41. The fourth-order valence-corrected chi connectivity index (χ4v) is 4.89. The molecule has 1 aliphatic carbocycles. The van der Waals surface area contributed by atoms with Crippen LogP contribution >= 0.6 is 23.4 Å². The molecule has 152 valence electrons. The molecule has 27 heavy (non-hydrogen) atoms. The summed E-state index contributed by atoms with van der Waals surface area (Å²) in [6.45, 7) is 4.58. The third-order valence-electron chi connectivity index (χ3n) is 5.25. The van der Waals surface area contributed by atoms with Crippen LogP contribution in [-0.2, 0) is 0 Å². The number of amides is 1. The smallest absolute Gasteiger partial charge is 0.410 e. The van der Waals surface area contributed by atoms with E-state index in [0.29, 0.717) is 10.8 Å². The van der Waals surface area contributed by atoms with E-state index >= 15 is 0 Å². The fraction of sp³-hybridized carbons (Fsp3) is 0.667. The highest BCUT2D eigenvalue weighted by atomic mass is 35.5. The van der Waals surface area contributed by atoms with Crippen LogP contribution in [-0.4, -0.2) is 60.6 Å². The van der Waals surface area contributed by atoms with E-state index in [-0.39, 0.29) is 12.1 Å². The Morgan fingerprint density at radius 1 is 1.15 bits per heavy atom. The van der Waals surface area contributed by atoms with Gasteiger partial charge in [-0.1, -0.05) is 18.5 Å². The summed E-state index contributed by atoms with van der Waals surface area (Å²) in [5.41, 5.74) is 0. The lowest BCUT2D eigenvalue weighted by molar-refractivity contribution is 0.127. The Morgan fingerprint density at radius 3 is 2.44 bits per heavy atom. The molecule has 1 aromatic carbocycles. The molecular formula is C21H33ClN2O2S. The van der Waals surface area contributed by atoms with Gasteiger partial charge in [-0.25, -0.2) is 4.79 Å². The van der Waals surface area contributed by atoms with Crippen LogP contribution in [0.5, 0.6) is 5.75 Å². The van der Waals surface area contributed by atoms with Crippen molar-refractivity contribution >= 4 is 29.5 Å². The Bertz CT molecular complexity index is 562. The molecule has 0 aromatic heterocycles. The van der Waals surface area contributed by atoms with Gasteiger partial charge in [0.15, 0.2) is 0 Å². The zero-order valence-corrected chi connectivity index (χ0v) is 18.4. The van der Waals surface area contributed by atoms with Gasteiger partial charge in [0.2, 0.25) is 0 Å². The number of rotatable bonds is 9. The van der Waals surface area contributed by atoms with Crippen molar-refractivity contribution in [2.24, 2.45) is 5.92 Å². The number of carbonyl (C=O) groups excluding carboxylic acids is 1. The van der Waals surface area contributed by atoms with Crippen LogP contribution in [0.1, 0.15) is 39.0 Å². The van der Waals surface area contributed by atoms with Gasteiger partial charge in [-0.3, -0.25) is 0 Å². The number of hydrogen-bond acceptors (Lipinski definition) is 4. The van der Waals surface area contributed by atoms with Gasteiger partial charge in [0, 0.05) is 30.4 Å². The van der Waals surface area contributed by atoms with Gasteiger partial charge in [0.1, 0.15) is 5.75 Å². The maximum atomic E-state index is 12.4. The van der Waals surface area contributed by atoms with Gasteiger partial charge in [-0.2, -0.15) is 11.8 Å². The third-order valence-corrected chi connectivity index (χ3v) is 6.68. The molecule has 1 aliphatic rings. The molecule has 0 unspecified atom stereocenters. The van der Waals surface area contributed by atoms with Crippen LogP contribution in [0, 0.1) is 5.92 Å². The fourth-order valence-electron chi connectivity index (χ4n) is 3.49. The first-order chi connectivity index (χ1) is 13.0.